The molecule has 1 amide bonds. The fourth-order valence-electron chi connectivity index (χ4n) is 2.30. The second-order valence-corrected chi connectivity index (χ2v) is 4.82. The zero-order chi connectivity index (χ0) is 14.7. The molecule has 0 aliphatic rings. The summed E-state index contributed by atoms with van der Waals surface area (Å²) in [7, 11) is 1.90. The van der Waals surface area contributed by atoms with Crippen LogP contribution in [0.1, 0.15) is 36.3 Å². The van der Waals surface area contributed by atoms with E-state index in [4.69, 9.17) is 0 Å². The Morgan fingerprint density at radius 2 is 2.20 bits per heavy atom. The number of nitrogens with zero attached hydrogens (tertiary/aromatic N) is 6. The van der Waals surface area contributed by atoms with Crippen LogP contribution < -0.4 is 5.32 Å². The maximum atomic E-state index is 11.9. The van der Waals surface area contributed by atoms with E-state index in [2.05, 4.69) is 25.9 Å². The third kappa shape index (κ3) is 3.01. The van der Waals surface area contributed by atoms with Crippen LogP contribution in [0.5, 0.6) is 0 Å². The highest BCUT2D eigenvalue weighted by molar-refractivity contribution is 5.76. The highest BCUT2D eigenvalue weighted by Crippen LogP contribution is 2.20. The number of aromatic nitrogens is 6. The Kier molecular flexibility index (Phi) is 4.11. The van der Waals surface area contributed by atoms with Gasteiger partial charge >= 0.3 is 0 Å². The number of carbonyl (C=O) groups is 1. The van der Waals surface area contributed by atoms with Gasteiger partial charge < -0.3 is 5.32 Å². The monoisotopic (exact) mass is 277 g/mol. The lowest BCUT2D eigenvalue weighted by molar-refractivity contribution is -0.122. The van der Waals surface area contributed by atoms with Gasteiger partial charge in [-0.05, 0) is 31.2 Å². The molecule has 1 N–H and O–H groups in total. The van der Waals surface area contributed by atoms with Crippen molar-refractivity contribution in [1.29, 1.82) is 0 Å². The minimum Gasteiger partial charge on any atom is -0.349 e. The van der Waals surface area contributed by atoms with E-state index in [0.717, 1.165) is 17.0 Å². The lowest BCUT2D eigenvalue weighted by Gasteiger charge is -2.14. The van der Waals surface area contributed by atoms with E-state index in [1.165, 1.54) is 11.0 Å². The molecule has 0 bridgehead atoms. The van der Waals surface area contributed by atoms with Crippen molar-refractivity contribution < 1.29 is 4.79 Å². The Morgan fingerprint density at radius 1 is 1.45 bits per heavy atom. The molecule has 108 valence electrons. The molecule has 2 heterocycles. The summed E-state index contributed by atoms with van der Waals surface area (Å²) < 4.78 is 3.36. The van der Waals surface area contributed by atoms with Gasteiger partial charge in [0.25, 0.3) is 0 Å². The average Bonchev–Trinajstić information content (AvgIpc) is 2.96. The van der Waals surface area contributed by atoms with Crippen LogP contribution in [0.2, 0.25) is 0 Å². The third-order valence-corrected chi connectivity index (χ3v) is 3.33. The normalized spacial score (nSPS) is 12.4. The molecule has 2 aromatic heterocycles. The van der Waals surface area contributed by atoms with E-state index < -0.39 is 0 Å². The van der Waals surface area contributed by atoms with Gasteiger partial charge in [0.1, 0.15) is 6.33 Å². The van der Waals surface area contributed by atoms with Gasteiger partial charge in [-0.1, -0.05) is 0 Å². The topological polar surface area (TPSA) is 90.5 Å². The molecule has 0 aliphatic carbocycles. The van der Waals surface area contributed by atoms with Crippen LogP contribution in [0.25, 0.3) is 0 Å². The second kappa shape index (κ2) is 5.81. The van der Waals surface area contributed by atoms with Crippen LogP contribution in [-0.2, 0) is 18.4 Å². The molecule has 8 heteroatoms. The van der Waals surface area contributed by atoms with Crippen LogP contribution in [0, 0.1) is 13.8 Å². The summed E-state index contributed by atoms with van der Waals surface area (Å²) in [5.74, 6) is -0.0318. The summed E-state index contributed by atoms with van der Waals surface area (Å²) in [4.78, 5) is 11.9. The molecule has 20 heavy (non-hydrogen) atoms. The first kappa shape index (κ1) is 14.2. The van der Waals surface area contributed by atoms with Crippen molar-refractivity contribution in [3.05, 3.63) is 23.3 Å². The highest BCUT2D eigenvalue weighted by Gasteiger charge is 2.17. The lowest BCUT2D eigenvalue weighted by atomic mass is 10.1. The maximum absolute atomic E-state index is 11.9. The molecule has 8 nitrogen and oxygen atoms in total. The first-order valence-corrected chi connectivity index (χ1v) is 6.49. The van der Waals surface area contributed by atoms with Crippen molar-refractivity contribution in [3.8, 4) is 0 Å². The third-order valence-electron chi connectivity index (χ3n) is 3.33. The summed E-state index contributed by atoms with van der Waals surface area (Å²) in [5, 5.41) is 18.1. The zero-order valence-electron chi connectivity index (χ0n) is 12.2. The van der Waals surface area contributed by atoms with Crippen molar-refractivity contribution in [2.24, 2.45) is 7.05 Å². The molecule has 0 saturated heterocycles. The number of rotatable bonds is 5. The quantitative estimate of drug-likeness (QED) is 0.848. The molecule has 0 saturated carbocycles. The van der Waals surface area contributed by atoms with E-state index in [0.29, 0.717) is 13.0 Å². The van der Waals surface area contributed by atoms with E-state index in [1.54, 1.807) is 0 Å². The largest absolute Gasteiger partial charge is 0.349 e. The number of hydrogen-bond donors (Lipinski definition) is 1. The molecule has 0 fully saturated rings. The smallest absolute Gasteiger partial charge is 0.222 e. The summed E-state index contributed by atoms with van der Waals surface area (Å²) in [6.45, 7) is 6.38. The highest BCUT2D eigenvalue weighted by atomic mass is 16.1. The second-order valence-electron chi connectivity index (χ2n) is 4.82. The molecule has 1 unspecified atom stereocenters. The Bertz CT molecular complexity index is 587. The fraction of sp³-hybridized carbons (Fsp3) is 0.583. The number of aryl methyl sites for hydroxylation is 3. The zero-order valence-corrected chi connectivity index (χ0v) is 12.2. The number of nitrogens with one attached hydrogen (secondary N) is 1. The van der Waals surface area contributed by atoms with E-state index in [9.17, 15) is 4.79 Å². The number of hydrogen-bond acceptors (Lipinski definition) is 5. The summed E-state index contributed by atoms with van der Waals surface area (Å²) in [5.41, 5.74) is 3.08. The predicted octanol–water partition coefficient (Wildman–Crippen LogP) is 0.291. The Labute approximate surface area is 117 Å². The van der Waals surface area contributed by atoms with E-state index in [1.807, 2.05) is 32.5 Å². The first-order chi connectivity index (χ1) is 9.49. The van der Waals surface area contributed by atoms with Crippen molar-refractivity contribution in [2.45, 2.75) is 39.8 Å². The Hall–Kier alpha value is -2.25. The maximum Gasteiger partial charge on any atom is 0.222 e. The lowest BCUT2D eigenvalue weighted by Crippen LogP contribution is -2.28. The van der Waals surface area contributed by atoms with Crippen molar-refractivity contribution in [3.63, 3.8) is 0 Å². The van der Waals surface area contributed by atoms with Gasteiger partial charge in [-0.2, -0.15) is 5.10 Å². The van der Waals surface area contributed by atoms with Crippen LogP contribution in [-0.4, -0.2) is 35.9 Å². The van der Waals surface area contributed by atoms with Crippen molar-refractivity contribution in [1.82, 2.24) is 35.3 Å². The van der Waals surface area contributed by atoms with Crippen LogP contribution in [0.15, 0.2) is 6.33 Å². The van der Waals surface area contributed by atoms with Crippen LogP contribution >= 0.6 is 0 Å². The summed E-state index contributed by atoms with van der Waals surface area (Å²) in [6.07, 6.45) is 1.83. The minimum atomic E-state index is -0.0647. The first-order valence-electron chi connectivity index (χ1n) is 6.49. The van der Waals surface area contributed by atoms with E-state index >= 15 is 0 Å². The Balaban J connectivity index is 1.93. The van der Waals surface area contributed by atoms with Crippen molar-refractivity contribution in [2.75, 3.05) is 0 Å². The molecule has 2 aromatic rings. The molecule has 0 aliphatic heterocycles. The fourth-order valence-corrected chi connectivity index (χ4v) is 2.30. The summed E-state index contributed by atoms with van der Waals surface area (Å²) >= 11 is 0. The minimum absolute atomic E-state index is 0.0318. The molecular formula is C12H19N7O. The predicted molar refractivity (Wildman–Crippen MR) is 71.7 cm³/mol. The van der Waals surface area contributed by atoms with Gasteiger partial charge in [0.05, 0.1) is 18.3 Å². The molecule has 0 aromatic carbocycles. The van der Waals surface area contributed by atoms with Gasteiger partial charge in [-0.15, -0.1) is 5.10 Å². The van der Waals surface area contributed by atoms with Crippen LogP contribution in [0.4, 0.5) is 0 Å². The van der Waals surface area contributed by atoms with Gasteiger partial charge in [0.2, 0.25) is 5.91 Å². The molecule has 0 radical (unpaired) electrons. The summed E-state index contributed by atoms with van der Waals surface area (Å²) in [6, 6.07) is -0.0647. The number of amides is 1. The number of tetrazole rings is 1. The Morgan fingerprint density at radius 3 is 2.75 bits per heavy atom. The van der Waals surface area contributed by atoms with Gasteiger partial charge in [0.15, 0.2) is 0 Å². The van der Waals surface area contributed by atoms with Gasteiger partial charge in [-0.25, -0.2) is 4.68 Å². The van der Waals surface area contributed by atoms with Crippen LogP contribution in [0.3, 0.4) is 0 Å². The standard InChI is InChI=1S/C12H19N7O/c1-8(12-9(2)15-18(4)10(12)3)14-11(20)5-6-19-7-13-16-17-19/h7-8H,5-6H2,1-4H3,(H,14,20). The number of carbonyl (C=O) groups excluding carboxylic acids is 1. The van der Waals surface area contributed by atoms with Crippen molar-refractivity contribution >= 4 is 5.91 Å². The van der Waals surface area contributed by atoms with E-state index in [-0.39, 0.29) is 11.9 Å². The molecular weight excluding hydrogens is 258 g/mol. The molecule has 0 spiro atoms. The SMILES string of the molecule is Cc1nn(C)c(C)c1C(C)NC(=O)CCn1cnnn1. The molecule has 1 atom stereocenters. The van der Waals surface area contributed by atoms with Gasteiger partial charge in [-0.3, -0.25) is 9.48 Å². The molecule has 2 rings (SSSR count). The van der Waals surface area contributed by atoms with Gasteiger partial charge in [0, 0.05) is 24.7 Å². The average molecular weight is 277 g/mol.